The SMILES string of the molecule is Cc1sc2c(c1C)C(c1ccc(-c3cc(C#N)ccn3)cc1)=NCc1nnc(C)n1-2. The average Bonchev–Trinajstić information content (AvgIpc) is 3.22. The van der Waals surface area contributed by atoms with E-state index in [2.05, 4.69) is 51.8 Å². The van der Waals surface area contributed by atoms with E-state index in [9.17, 15) is 0 Å². The highest BCUT2D eigenvalue weighted by Crippen LogP contribution is 2.36. The summed E-state index contributed by atoms with van der Waals surface area (Å²) < 4.78 is 2.13. The van der Waals surface area contributed by atoms with E-state index in [1.54, 1.807) is 29.7 Å². The number of hydrogen-bond acceptors (Lipinski definition) is 6. The highest BCUT2D eigenvalue weighted by Gasteiger charge is 2.26. The van der Waals surface area contributed by atoms with Crippen LogP contribution in [0.5, 0.6) is 0 Å². The van der Waals surface area contributed by atoms with Crippen LogP contribution < -0.4 is 0 Å². The van der Waals surface area contributed by atoms with Gasteiger partial charge in [-0.05, 0) is 38.5 Å². The first-order valence-electron chi connectivity index (χ1n) is 9.60. The van der Waals surface area contributed by atoms with Gasteiger partial charge in [-0.25, -0.2) is 0 Å². The summed E-state index contributed by atoms with van der Waals surface area (Å²) in [5.74, 6) is 1.74. The number of pyridine rings is 1. The van der Waals surface area contributed by atoms with Gasteiger partial charge in [0.15, 0.2) is 5.82 Å². The molecule has 146 valence electrons. The first-order chi connectivity index (χ1) is 14.6. The van der Waals surface area contributed by atoms with Crippen molar-refractivity contribution in [2.75, 3.05) is 0 Å². The van der Waals surface area contributed by atoms with Crippen LogP contribution >= 0.6 is 11.3 Å². The second-order valence-corrected chi connectivity index (χ2v) is 8.45. The van der Waals surface area contributed by atoms with E-state index in [0.717, 1.165) is 44.7 Å². The van der Waals surface area contributed by atoms with Crippen molar-refractivity contribution < 1.29 is 0 Å². The third kappa shape index (κ3) is 2.85. The molecule has 0 bridgehead atoms. The fourth-order valence-corrected chi connectivity index (χ4v) is 4.97. The minimum Gasteiger partial charge on any atom is -0.276 e. The van der Waals surface area contributed by atoms with Crippen molar-refractivity contribution in [3.8, 4) is 22.3 Å². The lowest BCUT2D eigenvalue weighted by Gasteiger charge is -2.10. The van der Waals surface area contributed by atoms with Crippen molar-refractivity contribution >= 4 is 17.0 Å². The third-order valence-electron chi connectivity index (χ3n) is 5.42. The molecule has 6 nitrogen and oxygen atoms in total. The molecule has 0 radical (unpaired) electrons. The number of hydrogen-bond donors (Lipinski definition) is 0. The molecule has 0 fully saturated rings. The van der Waals surface area contributed by atoms with Crippen LogP contribution in [0.25, 0.3) is 16.3 Å². The van der Waals surface area contributed by atoms with Gasteiger partial charge in [-0.3, -0.25) is 14.5 Å². The minimum atomic E-state index is 0.490. The average molecular weight is 411 g/mol. The maximum absolute atomic E-state index is 9.14. The van der Waals surface area contributed by atoms with Crippen molar-refractivity contribution in [2.45, 2.75) is 27.3 Å². The number of aliphatic imine (C=N–C) groups is 1. The van der Waals surface area contributed by atoms with Crippen LogP contribution in [0, 0.1) is 32.1 Å². The van der Waals surface area contributed by atoms with E-state index >= 15 is 0 Å². The minimum absolute atomic E-state index is 0.490. The number of nitrogens with zero attached hydrogens (tertiary/aromatic N) is 6. The summed E-state index contributed by atoms with van der Waals surface area (Å²) in [7, 11) is 0. The lowest BCUT2D eigenvalue weighted by molar-refractivity contribution is 0.869. The topological polar surface area (TPSA) is 79.8 Å². The van der Waals surface area contributed by atoms with Gasteiger partial charge in [-0.2, -0.15) is 5.26 Å². The zero-order valence-electron chi connectivity index (χ0n) is 16.8. The maximum atomic E-state index is 9.14. The molecule has 0 amide bonds. The van der Waals surface area contributed by atoms with E-state index in [0.29, 0.717) is 12.1 Å². The Hall–Kier alpha value is -3.63. The molecule has 0 aliphatic carbocycles. The molecule has 1 aliphatic heterocycles. The second-order valence-electron chi connectivity index (χ2n) is 7.25. The molecule has 3 aromatic heterocycles. The highest BCUT2D eigenvalue weighted by molar-refractivity contribution is 7.15. The molecule has 30 heavy (non-hydrogen) atoms. The number of aromatic nitrogens is 4. The zero-order valence-corrected chi connectivity index (χ0v) is 17.7. The predicted octanol–water partition coefficient (Wildman–Crippen LogP) is 4.54. The maximum Gasteiger partial charge on any atom is 0.160 e. The van der Waals surface area contributed by atoms with Crippen LogP contribution in [0.15, 0.2) is 47.6 Å². The van der Waals surface area contributed by atoms with Crippen LogP contribution in [0.3, 0.4) is 0 Å². The monoisotopic (exact) mass is 410 g/mol. The fourth-order valence-electron chi connectivity index (χ4n) is 3.74. The van der Waals surface area contributed by atoms with Crippen LogP contribution in [0.1, 0.15) is 38.8 Å². The normalized spacial score (nSPS) is 12.5. The van der Waals surface area contributed by atoms with Crippen molar-refractivity contribution in [3.05, 3.63) is 81.4 Å². The van der Waals surface area contributed by atoms with Crippen molar-refractivity contribution in [2.24, 2.45) is 4.99 Å². The summed E-state index contributed by atoms with van der Waals surface area (Å²) in [4.78, 5) is 10.6. The summed E-state index contributed by atoms with van der Waals surface area (Å²) in [6, 6.07) is 13.9. The molecule has 1 aliphatic rings. The van der Waals surface area contributed by atoms with E-state index < -0.39 is 0 Å². The van der Waals surface area contributed by atoms with Gasteiger partial charge in [0.1, 0.15) is 17.4 Å². The Balaban J connectivity index is 1.61. The largest absolute Gasteiger partial charge is 0.276 e. The van der Waals surface area contributed by atoms with Gasteiger partial charge in [-0.15, -0.1) is 21.5 Å². The van der Waals surface area contributed by atoms with E-state index in [-0.39, 0.29) is 0 Å². The molecular formula is C23H18N6S. The molecule has 1 aromatic carbocycles. The Morgan fingerprint density at radius 3 is 2.57 bits per heavy atom. The van der Waals surface area contributed by atoms with Gasteiger partial charge in [0, 0.05) is 27.8 Å². The van der Waals surface area contributed by atoms with Crippen LogP contribution in [-0.2, 0) is 6.54 Å². The van der Waals surface area contributed by atoms with E-state index in [1.807, 2.05) is 19.1 Å². The smallest absolute Gasteiger partial charge is 0.160 e. The van der Waals surface area contributed by atoms with Crippen LogP contribution in [0.4, 0.5) is 0 Å². The molecule has 0 N–H and O–H groups in total. The molecule has 7 heteroatoms. The van der Waals surface area contributed by atoms with Gasteiger partial charge in [0.05, 0.1) is 23.0 Å². The quantitative estimate of drug-likeness (QED) is 0.486. The lowest BCUT2D eigenvalue weighted by atomic mass is 9.98. The first kappa shape index (κ1) is 18.4. The molecule has 0 spiro atoms. The lowest BCUT2D eigenvalue weighted by Crippen LogP contribution is -2.07. The van der Waals surface area contributed by atoms with Crippen molar-refractivity contribution in [1.82, 2.24) is 19.7 Å². The number of rotatable bonds is 2. The van der Waals surface area contributed by atoms with Gasteiger partial charge < -0.3 is 0 Å². The number of benzene rings is 1. The summed E-state index contributed by atoms with van der Waals surface area (Å²) in [5.41, 5.74) is 6.77. The molecule has 0 saturated carbocycles. The zero-order chi connectivity index (χ0) is 20.8. The predicted molar refractivity (Wildman–Crippen MR) is 117 cm³/mol. The van der Waals surface area contributed by atoms with E-state index in [4.69, 9.17) is 10.3 Å². The molecule has 5 rings (SSSR count). The van der Waals surface area contributed by atoms with Gasteiger partial charge in [-0.1, -0.05) is 24.3 Å². The standard InChI is InChI=1S/C23H18N6S/c1-13-14(2)30-23-21(13)22(26-12-20-28-27-15(3)29(20)23)18-6-4-17(5-7-18)19-10-16(11-24)8-9-25-19/h4-10H,12H2,1-3H3. The molecule has 0 saturated heterocycles. The molecule has 4 aromatic rings. The summed E-state index contributed by atoms with van der Waals surface area (Å²) in [5, 5.41) is 18.9. The van der Waals surface area contributed by atoms with Gasteiger partial charge >= 0.3 is 0 Å². The fraction of sp³-hybridized carbons (Fsp3) is 0.174. The van der Waals surface area contributed by atoms with Gasteiger partial charge in [0.25, 0.3) is 0 Å². The van der Waals surface area contributed by atoms with Crippen molar-refractivity contribution in [1.29, 1.82) is 5.26 Å². The summed E-state index contributed by atoms with van der Waals surface area (Å²) >= 11 is 1.76. The van der Waals surface area contributed by atoms with Crippen LogP contribution in [0.2, 0.25) is 0 Å². The Labute approximate surface area is 178 Å². The third-order valence-corrected chi connectivity index (χ3v) is 6.61. The Morgan fingerprint density at radius 2 is 1.80 bits per heavy atom. The molecule has 4 heterocycles. The Kier molecular flexibility index (Phi) is 4.30. The number of thiophene rings is 1. The number of aryl methyl sites for hydroxylation is 2. The van der Waals surface area contributed by atoms with Crippen molar-refractivity contribution in [3.63, 3.8) is 0 Å². The highest BCUT2D eigenvalue weighted by atomic mass is 32.1. The Bertz CT molecular complexity index is 1350. The van der Waals surface area contributed by atoms with E-state index in [1.165, 1.54) is 10.4 Å². The molecule has 0 atom stereocenters. The van der Waals surface area contributed by atoms with Gasteiger partial charge in [0.2, 0.25) is 0 Å². The summed E-state index contributed by atoms with van der Waals surface area (Å²) in [6.45, 7) is 6.76. The summed E-state index contributed by atoms with van der Waals surface area (Å²) in [6.07, 6.45) is 1.67. The Morgan fingerprint density at radius 1 is 1.03 bits per heavy atom. The molecule has 0 unspecified atom stereocenters. The first-order valence-corrected chi connectivity index (χ1v) is 10.4. The molecular weight excluding hydrogens is 392 g/mol. The van der Waals surface area contributed by atoms with Crippen LogP contribution in [-0.4, -0.2) is 25.5 Å². The number of fused-ring (bicyclic) bond motifs is 3. The second kappa shape index (κ2) is 7.01. The number of nitriles is 1.